The summed E-state index contributed by atoms with van der Waals surface area (Å²) in [5.41, 5.74) is 7.38. The van der Waals surface area contributed by atoms with Crippen molar-refractivity contribution in [3.8, 4) is 22.4 Å². The first-order chi connectivity index (χ1) is 18.6. The molecule has 0 spiro atoms. The maximum atomic E-state index is 9.20. The third kappa shape index (κ3) is 3.94. The van der Waals surface area contributed by atoms with E-state index in [1.54, 1.807) is 41.8 Å². The Labute approximate surface area is 216 Å². The molecule has 1 unspecified atom stereocenters. The number of hydrogen-bond acceptors (Lipinski definition) is 2. The molecule has 6 rings (SSSR count). The van der Waals surface area contributed by atoms with E-state index in [1.165, 1.54) is 36.9 Å². The van der Waals surface area contributed by atoms with Crippen molar-refractivity contribution in [2.75, 3.05) is 0 Å². The lowest BCUT2D eigenvalue weighted by Crippen LogP contribution is -1.97. The Bertz CT molecular complexity index is 1830. The molecule has 0 saturated carbocycles. The molecule has 35 heavy (non-hydrogen) atoms. The van der Waals surface area contributed by atoms with Gasteiger partial charge in [-0.3, -0.25) is 4.98 Å². The molecule has 2 heteroatoms. The van der Waals surface area contributed by atoms with Crippen molar-refractivity contribution in [3.63, 3.8) is 0 Å². The summed E-state index contributed by atoms with van der Waals surface area (Å²) in [7, 11) is 0. The Morgan fingerprint density at radius 2 is 1.63 bits per heavy atom. The van der Waals surface area contributed by atoms with Gasteiger partial charge < -0.3 is 0 Å². The molecule has 1 atom stereocenters. The minimum absolute atomic E-state index is 0.277. The Balaban J connectivity index is 1.42. The van der Waals surface area contributed by atoms with Crippen LogP contribution in [0.5, 0.6) is 0 Å². The average molecular weight is 474 g/mol. The van der Waals surface area contributed by atoms with Crippen LogP contribution in [0.15, 0.2) is 103 Å². The summed E-state index contributed by atoms with van der Waals surface area (Å²) in [6.07, 6.45) is 1.76. The molecule has 0 saturated heterocycles. The van der Waals surface area contributed by atoms with Gasteiger partial charge in [0.15, 0.2) is 0 Å². The Morgan fingerprint density at radius 1 is 0.800 bits per heavy atom. The van der Waals surface area contributed by atoms with Crippen LogP contribution in [0.2, 0.25) is 0 Å². The molecule has 1 nitrogen and oxygen atoms in total. The lowest BCUT2D eigenvalue weighted by molar-refractivity contribution is 0.917. The number of thiophene rings is 1. The molecule has 0 radical (unpaired) electrons. The van der Waals surface area contributed by atoms with Crippen LogP contribution in [0.4, 0.5) is 0 Å². The fourth-order valence-electron chi connectivity index (χ4n) is 4.76. The van der Waals surface area contributed by atoms with Gasteiger partial charge >= 0.3 is 0 Å². The molecule has 0 aliphatic rings. The van der Waals surface area contributed by atoms with Gasteiger partial charge in [0, 0.05) is 43.3 Å². The van der Waals surface area contributed by atoms with Gasteiger partial charge in [0.1, 0.15) is 0 Å². The normalized spacial score (nSPS) is 15.3. The third-order valence-corrected chi connectivity index (χ3v) is 7.94. The summed E-state index contributed by atoms with van der Waals surface area (Å²) in [4.78, 5) is 4.71. The molecule has 0 bridgehead atoms. The standard InChI is InChI=1S/C33H27NS/c1-21-11-13-24(14-12-21)23(3)25-17-18-34-31(19-25)30-10-6-9-29-28-16-15-26(20-32(28)35-33(29)30)27-8-5-4-7-22(27)2/h4-20,23H,1-3H3/i1D3,23D. The van der Waals surface area contributed by atoms with Crippen LogP contribution in [-0.2, 0) is 0 Å². The Hall–Kier alpha value is -3.75. The molecule has 0 N–H and O–H groups in total. The van der Waals surface area contributed by atoms with Crippen molar-refractivity contribution < 1.29 is 5.48 Å². The van der Waals surface area contributed by atoms with Gasteiger partial charge in [0.05, 0.1) is 5.69 Å². The molecule has 2 aromatic heterocycles. The van der Waals surface area contributed by atoms with Crippen molar-refractivity contribution in [3.05, 3.63) is 126 Å². The summed E-state index contributed by atoms with van der Waals surface area (Å²) < 4.78 is 34.5. The molecule has 4 aromatic carbocycles. The Morgan fingerprint density at radius 3 is 2.46 bits per heavy atom. The number of fused-ring (bicyclic) bond motifs is 3. The van der Waals surface area contributed by atoms with E-state index in [9.17, 15) is 1.37 Å². The highest BCUT2D eigenvalue weighted by Crippen LogP contribution is 2.41. The van der Waals surface area contributed by atoms with E-state index < -0.39 is 12.7 Å². The van der Waals surface area contributed by atoms with Gasteiger partial charge in [-0.1, -0.05) is 91.3 Å². The molecule has 2 heterocycles. The molecule has 6 aromatic rings. The topological polar surface area (TPSA) is 12.9 Å². The van der Waals surface area contributed by atoms with Gasteiger partial charge in [-0.25, -0.2) is 0 Å². The lowest BCUT2D eigenvalue weighted by Gasteiger charge is -2.14. The summed E-state index contributed by atoms with van der Waals surface area (Å²) in [5, 5.41) is 2.43. The zero-order chi connectivity index (χ0) is 27.4. The van der Waals surface area contributed by atoms with Crippen LogP contribution < -0.4 is 0 Å². The van der Waals surface area contributed by atoms with Crippen LogP contribution in [0.3, 0.4) is 0 Å². The second-order valence-corrected chi connectivity index (χ2v) is 9.99. The highest BCUT2D eigenvalue weighted by molar-refractivity contribution is 7.26. The monoisotopic (exact) mass is 473 g/mol. The first-order valence-electron chi connectivity index (χ1n) is 13.7. The van der Waals surface area contributed by atoms with E-state index in [1.807, 2.05) is 19.1 Å². The zero-order valence-electron chi connectivity index (χ0n) is 23.7. The van der Waals surface area contributed by atoms with Gasteiger partial charge in [-0.15, -0.1) is 11.3 Å². The largest absolute Gasteiger partial charge is 0.256 e. The highest BCUT2D eigenvalue weighted by Gasteiger charge is 2.15. The van der Waals surface area contributed by atoms with Gasteiger partial charge in [-0.05, 0) is 59.8 Å². The van der Waals surface area contributed by atoms with Crippen molar-refractivity contribution in [2.24, 2.45) is 0 Å². The summed E-state index contributed by atoms with van der Waals surface area (Å²) in [6.45, 7) is 1.82. The number of pyridine rings is 1. The quantitative estimate of drug-likeness (QED) is 0.248. The zero-order valence-corrected chi connectivity index (χ0v) is 20.5. The van der Waals surface area contributed by atoms with E-state index in [0.717, 1.165) is 22.4 Å². The van der Waals surface area contributed by atoms with Crippen LogP contribution in [-0.4, -0.2) is 4.98 Å². The number of aromatic nitrogens is 1. The number of nitrogens with zero attached hydrogens (tertiary/aromatic N) is 1. The predicted molar refractivity (Wildman–Crippen MR) is 151 cm³/mol. The highest BCUT2D eigenvalue weighted by atomic mass is 32.1. The van der Waals surface area contributed by atoms with Crippen LogP contribution in [0.1, 0.15) is 40.6 Å². The van der Waals surface area contributed by atoms with Crippen molar-refractivity contribution in [1.82, 2.24) is 4.98 Å². The minimum Gasteiger partial charge on any atom is -0.256 e. The molecular weight excluding hydrogens is 442 g/mol. The number of hydrogen-bond donors (Lipinski definition) is 0. The second kappa shape index (κ2) is 8.79. The van der Waals surface area contributed by atoms with Gasteiger partial charge in [0.25, 0.3) is 0 Å². The second-order valence-electron chi connectivity index (χ2n) is 8.94. The van der Waals surface area contributed by atoms with Crippen LogP contribution in [0, 0.1) is 13.8 Å². The van der Waals surface area contributed by atoms with E-state index in [0.29, 0.717) is 0 Å². The molecule has 0 aliphatic carbocycles. The minimum atomic E-state index is -2.16. The molecular formula is C33H27NS. The Kier molecular flexibility index (Phi) is 4.43. The molecule has 0 amide bonds. The average Bonchev–Trinajstić information content (AvgIpc) is 3.31. The van der Waals surface area contributed by atoms with Crippen molar-refractivity contribution in [1.29, 1.82) is 0 Å². The van der Waals surface area contributed by atoms with E-state index in [4.69, 9.17) is 9.10 Å². The number of rotatable bonds is 4. The number of benzene rings is 4. The van der Waals surface area contributed by atoms with Crippen molar-refractivity contribution in [2.45, 2.75) is 26.6 Å². The van der Waals surface area contributed by atoms with Gasteiger partial charge in [-0.2, -0.15) is 0 Å². The van der Waals surface area contributed by atoms with Crippen LogP contribution >= 0.6 is 11.3 Å². The van der Waals surface area contributed by atoms with Crippen molar-refractivity contribution >= 4 is 31.5 Å². The first-order valence-corrected chi connectivity index (χ1v) is 12.5. The van der Waals surface area contributed by atoms with E-state index >= 15 is 0 Å². The molecule has 0 fully saturated rings. The maximum absolute atomic E-state index is 9.20. The third-order valence-electron chi connectivity index (χ3n) is 6.74. The van der Waals surface area contributed by atoms with E-state index in [-0.39, 0.29) is 5.56 Å². The molecule has 0 aliphatic heterocycles. The smallest absolute Gasteiger partial charge is 0.0719 e. The fourth-order valence-corrected chi connectivity index (χ4v) is 6.03. The summed E-state index contributed by atoms with van der Waals surface area (Å²) in [6, 6.07) is 32.0. The first kappa shape index (κ1) is 17.7. The summed E-state index contributed by atoms with van der Waals surface area (Å²) >= 11 is 1.77. The predicted octanol–water partition coefficient (Wildman–Crippen LogP) is 9.55. The summed E-state index contributed by atoms with van der Waals surface area (Å²) in [5.74, 6) is -1.07. The van der Waals surface area contributed by atoms with Crippen LogP contribution in [0.25, 0.3) is 42.6 Å². The fraction of sp³-hybridized carbons (Fsp3) is 0.121. The molecule has 170 valence electrons. The SMILES string of the molecule is [2H]C([2H])([2H])c1ccc(C([2H])(C)c2ccnc(-c3cccc4c3sc3cc(-c5ccccc5C)ccc34)c2)cc1. The maximum Gasteiger partial charge on any atom is 0.0719 e. The van der Waals surface area contributed by atoms with E-state index in [2.05, 4.69) is 67.6 Å². The lowest BCUT2D eigenvalue weighted by atomic mass is 9.92. The number of aryl methyl sites for hydroxylation is 2. The van der Waals surface area contributed by atoms with Gasteiger partial charge in [0.2, 0.25) is 0 Å².